The second kappa shape index (κ2) is 11.9. The molecule has 6 heteroatoms. The smallest absolute Gasteiger partial charge is 0.222 e. The number of halogens is 1. The number of hydrogen-bond acceptors (Lipinski definition) is 5. The summed E-state index contributed by atoms with van der Waals surface area (Å²) in [5, 5.41) is 0. The quantitative estimate of drug-likeness (QED) is 0.183. The SMILES string of the molecule is CC(C)(c1ccc(N)cc1)c1ccc(Oc2cccc(Oc3ccc(C(C)(C)c4ccc(N)cc4)cc3)n2)cc1.Cl. The molecule has 0 bridgehead atoms. The van der Waals surface area contributed by atoms with Gasteiger partial charge in [0.05, 0.1) is 0 Å². The maximum atomic E-state index is 6.05. The molecule has 0 unspecified atom stereocenters. The number of benzene rings is 4. The molecule has 4 N–H and O–H groups in total. The number of aromatic nitrogens is 1. The Morgan fingerprint density at radius 2 is 0.756 bits per heavy atom. The third-order valence-corrected chi connectivity index (χ3v) is 7.56. The van der Waals surface area contributed by atoms with Gasteiger partial charge in [-0.05, 0) is 70.8 Å². The van der Waals surface area contributed by atoms with Gasteiger partial charge in [-0.25, -0.2) is 0 Å². The van der Waals surface area contributed by atoms with Crippen LogP contribution in [0.25, 0.3) is 0 Å². The van der Waals surface area contributed by atoms with Gasteiger partial charge in [0, 0.05) is 34.3 Å². The first-order valence-electron chi connectivity index (χ1n) is 13.4. The van der Waals surface area contributed by atoms with Crippen LogP contribution in [0.15, 0.2) is 115 Å². The predicted octanol–water partition coefficient (Wildman–Crippen LogP) is 8.90. The Bertz CT molecular complexity index is 1460. The van der Waals surface area contributed by atoms with Crippen molar-refractivity contribution in [2.24, 2.45) is 0 Å². The summed E-state index contributed by atoms with van der Waals surface area (Å²) in [6, 6.07) is 37.7. The second-order valence-electron chi connectivity index (χ2n) is 11.1. The van der Waals surface area contributed by atoms with Gasteiger partial charge >= 0.3 is 0 Å². The number of nitrogens with two attached hydrogens (primary N) is 2. The highest BCUT2D eigenvalue weighted by molar-refractivity contribution is 5.85. The molecule has 41 heavy (non-hydrogen) atoms. The molecule has 0 saturated heterocycles. The summed E-state index contributed by atoms with van der Waals surface area (Å²) in [5.41, 5.74) is 17.7. The zero-order valence-corrected chi connectivity index (χ0v) is 24.6. The molecule has 1 heterocycles. The van der Waals surface area contributed by atoms with Crippen molar-refractivity contribution in [3.05, 3.63) is 138 Å². The van der Waals surface area contributed by atoms with Crippen LogP contribution in [-0.2, 0) is 10.8 Å². The van der Waals surface area contributed by atoms with Gasteiger partial charge < -0.3 is 20.9 Å². The van der Waals surface area contributed by atoms with Crippen molar-refractivity contribution in [3.63, 3.8) is 0 Å². The Kier molecular flexibility index (Phi) is 8.60. The van der Waals surface area contributed by atoms with E-state index in [1.165, 1.54) is 22.3 Å². The fourth-order valence-electron chi connectivity index (χ4n) is 4.76. The molecule has 0 atom stereocenters. The largest absolute Gasteiger partial charge is 0.439 e. The zero-order valence-electron chi connectivity index (χ0n) is 23.8. The molecule has 5 aromatic rings. The van der Waals surface area contributed by atoms with Gasteiger partial charge in [-0.2, -0.15) is 4.98 Å². The number of nitrogen functional groups attached to an aromatic ring is 2. The summed E-state index contributed by atoms with van der Waals surface area (Å²) in [6.07, 6.45) is 0. The van der Waals surface area contributed by atoms with E-state index in [-0.39, 0.29) is 23.2 Å². The lowest BCUT2D eigenvalue weighted by Crippen LogP contribution is -2.18. The van der Waals surface area contributed by atoms with Gasteiger partial charge in [0.2, 0.25) is 11.8 Å². The van der Waals surface area contributed by atoms with Crippen molar-refractivity contribution in [2.75, 3.05) is 11.5 Å². The van der Waals surface area contributed by atoms with Crippen LogP contribution in [0.1, 0.15) is 49.9 Å². The van der Waals surface area contributed by atoms with E-state index in [4.69, 9.17) is 20.9 Å². The van der Waals surface area contributed by atoms with Gasteiger partial charge in [-0.3, -0.25) is 0 Å². The summed E-state index contributed by atoms with van der Waals surface area (Å²) < 4.78 is 12.1. The molecule has 0 spiro atoms. The number of nitrogens with zero attached hydrogens (tertiary/aromatic N) is 1. The van der Waals surface area contributed by atoms with E-state index in [1.54, 1.807) is 0 Å². The van der Waals surface area contributed by atoms with E-state index in [0.717, 1.165) is 11.4 Å². The first-order chi connectivity index (χ1) is 19.1. The molecule has 5 nitrogen and oxygen atoms in total. The van der Waals surface area contributed by atoms with E-state index in [9.17, 15) is 0 Å². The van der Waals surface area contributed by atoms with Crippen molar-refractivity contribution in [2.45, 2.75) is 38.5 Å². The fourth-order valence-corrected chi connectivity index (χ4v) is 4.76. The minimum atomic E-state index is -0.169. The summed E-state index contributed by atoms with van der Waals surface area (Å²) >= 11 is 0. The molecular weight excluding hydrogens is 530 g/mol. The van der Waals surface area contributed by atoms with E-state index >= 15 is 0 Å². The summed E-state index contributed by atoms with van der Waals surface area (Å²) in [5.74, 6) is 2.33. The molecule has 5 rings (SSSR count). The van der Waals surface area contributed by atoms with Crippen molar-refractivity contribution in [1.29, 1.82) is 0 Å². The Balaban J connectivity index is 0.00000387. The number of rotatable bonds is 8. The van der Waals surface area contributed by atoms with Crippen LogP contribution < -0.4 is 20.9 Å². The second-order valence-corrected chi connectivity index (χ2v) is 11.1. The number of hydrogen-bond donors (Lipinski definition) is 2. The van der Waals surface area contributed by atoms with Crippen LogP contribution in [0.2, 0.25) is 0 Å². The van der Waals surface area contributed by atoms with Crippen molar-refractivity contribution in [1.82, 2.24) is 4.98 Å². The van der Waals surface area contributed by atoms with Crippen LogP contribution in [0.5, 0.6) is 23.3 Å². The Labute approximate surface area is 248 Å². The highest BCUT2D eigenvalue weighted by Gasteiger charge is 2.24. The number of anilines is 2. The number of ether oxygens (including phenoxy) is 2. The standard InChI is InChI=1S/C35H35N3O2.ClH/c1-34(2,24-8-16-28(36)17-9-24)26-12-20-30(21-13-26)39-32-6-5-7-33(38-32)40-31-22-14-27(15-23-31)35(3,4)25-10-18-29(37)19-11-25;/h5-23H,36-37H2,1-4H3;1H. The predicted molar refractivity (Wildman–Crippen MR) is 170 cm³/mol. The van der Waals surface area contributed by atoms with Gasteiger partial charge in [0.25, 0.3) is 0 Å². The highest BCUT2D eigenvalue weighted by atomic mass is 35.5. The highest BCUT2D eigenvalue weighted by Crippen LogP contribution is 2.35. The summed E-state index contributed by atoms with van der Waals surface area (Å²) in [7, 11) is 0. The molecule has 1 aromatic heterocycles. The molecule has 0 aliphatic heterocycles. The van der Waals surface area contributed by atoms with Gasteiger partial charge in [-0.15, -0.1) is 12.4 Å². The topological polar surface area (TPSA) is 83.4 Å². The maximum absolute atomic E-state index is 6.05. The lowest BCUT2D eigenvalue weighted by molar-refractivity contribution is 0.426. The fraction of sp³-hybridized carbons (Fsp3) is 0.171. The zero-order chi connectivity index (χ0) is 28.3. The van der Waals surface area contributed by atoms with Crippen LogP contribution in [0.4, 0.5) is 11.4 Å². The van der Waals surface area contributed by atoms with Gasteiger partial charge in [0.1, 0.15) is 11.5 Å². The molecular formula is C35H36ClN3O2. The molecule has 0 radical (unpaired) electrons. The normalized spacial score (nSPS) is 11.4. The van der Waals surface area contributed by atoms with E-state index in [0.29, 0.717) is 23.3 Å². The molecule has 0 aliphatic rings. The van der Waals surface area contributed by atoms with E-state index in [1.807, 2.05) is 66.7 Å². The Morgan fingerprint density at radius 3 is 1.07 bits per heavy atom. The van der Waals surface area contributed by atoms with Crippen molar-refractivity contribution < 1.29 is 9.47 Å². The number of pyridine rings is 1. The van der Waals surface area contributed by atoms with Crippen LogP contribution in [-0.4, -0.2) is 4.98 Å². The van der Waals surface area contributed by atoms with Crippen molar-refractivity contribution in [3.8, 4) is 23.3 Å². The average molecular weight is 566 g/mol. The molecule has 0 amide bonds. The molecule has 4 aromatic carbocycles. The summed E-state index contributed by atoms with van der Waals surface area (Å²) in [4.78, 5) is 4.55. The van der Waals surface area contributed by atoms with Gasteiger partial charge in [-0.1, -0.05) is 82.3 Å². The first kappa shape index (κ1) is 29.5. The van der Waals surface area contributed by atoms with E-state index in [2.05, 4.69) is 81.2 Å². The lowest BCUT2D eigenvalue weighted by Gasteiger charge is -2.26. The third kappa shape index (κ3) is 6.64. The Morgan fingerprint density at radius 1 is 0.463 bits per heavy atom. The van der Waals surface area contributed by atoms with Crippen LogP contribution >= 0.6 is 12.4 Å². The minimum absolute atomic E-state index is 0. The van der Waals surface area contributed by atoms with Gasteiger partial charge in [0.15, 0.2) is 0 Å². The lowest BCUT2D eigenvalue weighted by atomic mass is 9.78. The molecule has 0 fully saturated rings. The maximum Gasteiger partial charge on any atom is 0.222 e. The van der Waals surface area contributed by atoms with Crippen LogP contribution in [0.3, 0.4) is 0 Å². The van der Waals surface area contributed by atoms with Crippen LogP contribution in [0, 0.1) is 0 Å². The van der Waals surface area contributed by atoms with Crippen molar-refractivity contribution >= 4 is 23.8 Å². The summed E-state index contributed by atoms with van der Waals surface area (Å²) in [6.45, 7) is 8.79. The molecule has 0 saturated carbocycles. The third-order valence-electron chi connectivity index (χ3n) is 7.56. The Hall–Kier alpha value is -4.48. The van der Waals surface area contributed by atoms with E-state index < -0.39 is 0 Å². The molecule has 210 valence electrons. The first-order valence-corrected chi connectivity index (χ1v) is 13.4. The minimum Gasteiger partial charge on any atom is -0.439 e. The molecule has 0 aliphatic carbocycles. The average Bonchev–Trinajstić information content (AvgIpc) is 2.94. The monoisotopic (exact) mass is 565 g/mol.